The first-order valence-corrected chi connectivity index (χ1v) is 11.9. The van der Waals surface area contributed by atoms with Gasteiger partial charge in [-0.2, -0.15) is 0 Å². The summed E-state index contributed by atoms with van der Waals surface area (Å²) in [7, 11) is 0. The fraction of sp³-hybridized carbons (Fsp3) is 0.385. The van der Waals surface area contributed by atoms with E-state index in [0.29, 0.717) is 6.42 Å². The zero-order valence-corrected chi connectivity index (χ0v) is 20.3. The van der Waals surface area contributed by atoms with Gasteiger partial charge in [-0.05, 0) is 41.0 Å². The van der Waals surface area contributed by atoms with E-state index in [1.54, 1.807) is 13.8 Å². The molecule has 1 aliphatic carbocycles. The van der Waals surface area contributed by atoms with E-state index in [9.17, 15) is 24.3 Å². The van der Waals surface area contributed by atoms with Gasteiger partial charge >= 0.3 is 18.1 Å². The number of nitrogens with two attached hydrogens (primary N) is 1. The highest BCUT2D eigenvalue weighted by Crippen LogP contribution is 2.44. The third-order valence-corrected chi connectivity index (χ3v) is 6.15. The average Bonchev–Trinajstić information content (AvgIpc) is 3.16. The van der Waals surface area contributed by atoms with Crippen LogP contribution in [0.1, 0.15) is 43.7 Å². The summed E-state index contributed by atoms with van der Waals surface area (Å²) >= 11 is 0. The lowest BCUT2D eigenvalue weighted by molar-refractivity contribution is -0.142. The second-order valence-electron chi connectivity index (χ2n) is 9.02. The van der Waals surface area contributed by atoms with E-state index in [4.69, 9.17) is 10.5 Å². The highest BCUT2D eigenvalue weighted by molar-refractivity contribution is 5.89. The second kappa shape index (κ2) is 12.1. The minimum Gasteiger partial charge on any atom is -0.480 e. The molecule has 36 heavy (non-hydrogen) atoms. The summed E-state index contributed by atoms with van der Waals surface area (Å²) in [5, 5.41) is 16.9. The Morgan fingerprint density at radius 3 is 2.08 bits per heavy atom. The van der Waals surface area contributed by atoms with Crippen LogP contribution < -0.4 is 21.7 Å². The quantitative estimate of drug-likeness (QED) is 0.301. The Kier molecular flexibility index (Phi) is 8.88. The molecular weight excluding hydrogens is 464 g/mol. The summed E-state index contributed by atoms with van der Waals surface area (Å²) in [6.07, 6.45) is -0.382. The van der Waals surface area contributed by atoms with Gasteiger partial charge in [0.25, 0.3) is 0 Å². The number of urea groups is 1. The number of carbonyl (C=O) groups is 4. The molecule has 0 saturated carbocycles. The third-order valence-electron chi connectivity index (χ3n) is 6.15. The Hall–Kier alpha value is -4.08. The Balaban J connectivity index is 1.59. The third kappa shape index (κ3) is 6.53. The van der Waals surface area contributed by atoms with Crippen LogP contribution >= 0.6 is 0 Å². The fourth-order valence-corrected chi connectivity index (χ4v) is 4.34. The molecule has 0 spiro atoms. The first-order chi connectivity index (χ1) is 17.2. The zero-order chi connectivity index (χ0) is 26.2. The van der Waals surface area contributed by atoms with Gasteiger partial charge in [0.05, 0.1) is 0 Å². The van der Waals surface area contributed by atoms with Crippen molar-refractivity contribution in [3.05, 3.63) is 59.7 Å². The van der Waals surface area contributed by atoms with Crippen molar-refractivity contribution in [1.82, 2.24) is 16.0 Å². The zero-order valence-electron chi connectivity index (χ0n) is 20.3. The molecular formula is C26H32N4O6. The van der Waals surface area contributed by atoms with Crippen LogP contribution in [0.15, 0.2) is 48.5 Å². The van der Waals surface area contributed by atoms with Gasteiger partial charge in [0.1, 0.15) is 18.7 Å². The number of amides is 4. The van der Waals surface area contributed by atoms with Gasteiger partial charge in [0, 0.05) is 12.5 Å². The smallest absolute Gasteiger partial charge is 0.407 e. The van der Waals surface area contributed by atoms with E-state index in [2.05, 4.69) is 16.0 Å². The van der Waals surface area contributed by atoms with Gasteiger partial charge in [-0.25, -0.2) is 14.4 Å². The summed E-state index contributed by atoms with van der Waals surface area (Å²) in [6, 6.07) is 13.0. The molecule has 3 rings (SSSR count). The van der Waals surface area contributed by atoms with Crippen LogP contribution in [0.3, 0.4) is 0 Å². The van der Waals surface area contributed by atoms with E-state index in [1.165, 1.54) is 0 Å². The molecule has 0 bridgehead atoms. The number of fused-ring (bicyclic) bond motifs is 3. The molecule has 192 valence electrons. The highest BCUT2D eigenvalue weighted by atomic mass is 16.5. The maximum absolute atomic E-state index is 12.8. The number of primary amides is 1. The van der Waals surface area contributed by atoms with Crippen LogP contribution in [-0.2, 0) is 14.3 Å². The lowest BCUT2D eigenvalue weighted by atomic mass is 9.98. The minimum absolute atomic E-state index is 0.0805. The molecule has 0 radical (unpaired) electrons. The van der Waals surface area contributed by atoms with Crippen molar-refractivity contribution < 1.29 is 29.0 Å². The normalized spacial score (nSPS) is 13.8. The molecule has 2 aromatic carbocycles. The molecule has 0 saturated heterocycles. The number of carboxylic acid groups (broad SMARTS) is 1. The second-order valence-corrected chi connectivity index (χ2v) is 9.02. The van der Waals surface area contributed by atoms with Gasteiger partial charge in [0.15, 0.2) is 0 Å². The number of benzene rings is 2. The number of aliphatic carboxylic acids is 1. The maximum Gasteiger partial charge on any atom is 0.407 e. The van der Waals surface area contributed by atoms with Gasteiger partial charge in [-0.1, -0.05) is 62.4 Å². The van der Waals surface area contributed by atoms with E-state index in [1.807, 2.05) is 48.5 Å². The summed E-state index contributed by atoms with van der Waals surface area (Å²) in [6.45, 7) is 3.75. The summed E-state index contributed by atoms with van der Waals surface area (Å²) < 4.78 is 5.53. The standard InChI is InChI=1S/C26H32N4O6/c1-15(2)22(23(31)29-21(24(32)33)12-7-13-28-25(27)34)30-26(35)36-14-20-18-10-5-3-8-16(18)17-9-4-6-11-19(17)20/h3-6,8-11,15,20-22H,7,12-14H2,1-2H3,(H,29,31)(H,30,35)(H,32,33)(H3,27,28,34)/t21?,22-/m0/s1. The number of ether oxygens (including phenoxy) is 1. The fourth-order valence-electron chi connectivity index (χ4n) is 4.34. The first-order valence-electron chi connectivity index (χ1n) is 11.9. The van der Waals surface area contributed by atoms with Crippen molar-refractivity contribution in [2.24, 2.45) is 11.7 Å². The molecule has 0 aromatic heterocycles. The summed E-state index contributed by atoms with van der Waals surface area (Å²) in [5.41, 5.74) is 9.34. The van der Waals surface area contributed by atoms with Gasteiger partial charge in [-0.3, -0.25) is 4.79 Å². The molecule has 4 amide bonds. The number of hydrogen-bond acceptors (Lipinski definition) is 5. The summed E-state index contributed by atoms with van der Waals surface area (Å²) in [5.74, 6) is -2.30. The number of alkyl carbamates (subject to hydrolysis) is 1. The molecule has 2 atom stereocenters. The number of hydrogen-bond donors (Lipinski definition) is 5. The largest absolute Gasteiger partial charge is 0.480 e. The van der Waals surface area contributed by atoms with Crippen molar-refractivity contribution in [3.8, 4) is 11.1 Å². The molecule has 6 N–H and O–H groups in total. The Morgan fingerprint density at radius 1 is 0.972 bits per heavy atom. The highest BCUT2D eigenvalue weighted by Gasteiger charge is 2.31. The average molecular weight is 497 g/mol. The number of rotatable bonds is 11. The van der Waals surface area contributed by atoms with Gasteiger partial charge in [0.2, 0.25) is 5.91 Å². The Morgan fingerprint density at radius 2 is 1.56 bits per heavy atom. The molecule has 2 aromatic rings. The van der Waals surface area contributed by atoms with Crippen molar-refractivity contribution in [2.45, 2.75) is 44.7 Å². The minimum atomic E-state index is -1.22. The molecule has 0 aliphatic heterocycles. The monoisotopic (exact) mass is 496 g/mol. The van der Waals surface area contributed by atoms with Crippen molar-refractivity contribution >= 4 is 24.0 Å². The SMILES string of the molecule is CC(C)[C@H](NC(=O)OCC1c2ccccc2-c2ccccc21)C(=O)NC(CCCNC(N)=O)C(=O)O. The van der Waals surface area contributed by atoms with Crippen LogP contribution in [0.4, 0.5) is 9.59 Å². The van der Waals surface area contributed by atoms with Crippen molar-refractivity contribution in [2.75, 3.05) is 13.2 Å². The van der Waals surface area contributed by atoms with Crippen LogP contribution in [0.25, 0.3) is 11.1 Å². The predicted octanol–water partition coefficient (Wildman–Crippen LogP) is 2.57. The molecule has 10 nitrogen and oxygen atoms in total. The molecule has 0 heterocycles. The topological polar surface area (TPSA) is 160 Å². The molecule has 0 fully saturated rings. The maximum atomic E-state index is 12.8. The predicted molar refractivity (Wildman–Crippen MR) is 133 cm³/mol. The molecule has 1 unspecified atom stereocenters. The van der Waals surface area contributed by atoms with E-state index in [0.717, 1.165) is 22.3 Å². The molecule has 10 heteroatoms. The number of nitrogens with one attached hydrogen (secondary N) is 3. The van der Waals surface area contributed by atoms with Crippen LogP contribution in [0.5, 0.6) is 0 Å². The van der Waals surface area contributed by atoms with E-state index in [-0.39, 0.29) is 31.4 Å². The lowest BCUT2D eigenvalue weighted by Gasteiger charge is -2.24. The molecule has 1 aliphatic rings. The number of carbonyl (C=O) groups excluding carboxylic acids is 3. The van der Waals surface area contributed by atoms with Crippen molar-refractivity contribution in [3.63, 3.8) is 0 Å². The van der Waals surface area contributed by atoms with Crippen molar-refractivity contribution in [1.29, 1.82) is 0 Å². The van der Waals surface area contributed by atoms with Gasteiger partial charge in [-0.15, -0.1) is 0 Å². The Bertz CT molecular complexity index is 1070. The van der Waals surface area contributed by atoms with E-state index < -0.39 is 36.1 Å². The van der Waals surface area contributed by atoms with Crippen LogP contribution in [0.2, 0.25) is 0 Å². The number of carboxylic acids is 1. The van der Waals surface area contributed by atoms with Gasteiger partial charge < -0.3 is 31.5 Å². The lowest BCUT2D eigenvalue weighted by Crippen LogP contribution is -2.54. The summed E-state index contributed by atoms with van der Waals surface area (Å²) in [4.78, 5) is 47.8. The van der Waals surface area contributed by atoms with E-state index >= 15 is 0 Å². The van der Waals surface area contributed by atoms with Crippen LogP contribution in [-0.4, -0.2) is 54.3 Å². The first kappa shape index (κ1) is 26.5. The Labute approximate surface area is 209 Å². The van der Waals surface area contributed by atoms with Crippen LogP contribution in [0, 0.1) is 5.92 Å².